The van der Waals surface area contributed by atoms with E-state index in [1.165, 1.54) is 14.0 Å². The first-order valence-electron chi connectivity index (χ1n) is 11.6. The molecule has 2 fully saturated rings. The van der Waals surface area contributed by atoms with Crippen molar-refractivity contribution in [3.63, 3.8) is 0 Å². The van der Waals surface area contributed by atoms with Crippen molar-refractivity contribution in [2.75, 3.05) is 35.0 Å². The minimum atomic E-state index is -5.52. The van der Waals surface area contributed by atoms with Crippen molar-refractivity contribution in [3.8, 4) is 0 Å². The van der Waals surface area contributed by atoms with Gasteiger partial charge in [0.1, 0.15) is 24.4 Å². The summed E-state index contributed by atoms with van der Waals surface area (Å²) in [5, 5.41) is 4.20. The Labute approximate surface area is 255 Å². The monoisotopic (exact) mass is 730 g/mol. The van der Waals surface area contributed by atoms with Crippen LogP contribution >= 0.6 is 12.3 Å². The standard InChI is InChI=1S/C17H30O23S4/c1-7-9(28-2)11(36-41-40-39-31-5)13(15(18)29-3)35-16(7)34-10-8(6-32-42(19,20)21)33-17(30-4)14(38-44(25,26)27)12(10)37-43(22,23)24/h7-14,16-17H,6H2,1-5H3,(H,19,20,21)(H,22,23,24)(H,25,26,27)/t7?,8-,9+,10+,11-,12?,13?,14?,16+,17-/m0/s1. The van der Waals surface area contributed by atoms with Crippen molar-refractivity contribution in [1.29, 1.82) is 0 Å². The Hall–Kier alpha value is -0.930. The Balaban J connectivity index is 2.58. The molecule has 10 atom stereocenters. The molecule has 4 unspecified atom stereocenters. The van der Waals surface area contributed by atoms with Gasteiger partial charge in [0.25, 0.3) is 0 Å². The molecule has 2 rings (SSSR count). The highest BCUT2D eigenvalue weighted by Gasteiger charge is 2.56. The third-order valence-electron chi connectivity index (χ3n) is 5.79. The molecule has 0 radical (unpaired) electrons. The fourth-order valence-electron chi connectivity index (χ4n) is 4.16. The van der Waals surface area contributed by atoms with Gasteiger partial charge in [-0.2, -0.15) is 25.3 Å². The maximum atomic E-state index is 12.6. The van der Waals surface area contributed by atoms with Gasteiger partial charge in [-0.3, -0.25) is 17.8 Å². The van der Waals surface area contributed by atoms with Crippen LogP contribution in [-0.4, -0.2) is 135 Å². The number of esters is 1. The van der Waals surface area contributed by atoms with Crippen molar-refractivity contribution in [3.05, 3.63) is 0 Å². The van der Waals surface area contributed by atoms with E-state index >= 15 is 0 Å². The zero-order valence-corrected chi connectivity index (χ0v) is 26.4. The van der Waals surface area contributed by atoms with Gasteiger partial charge in [-0.15, -0.1) is 4.33 Å². The van der Waals surface area contributed by atoms with Gasteiger partial charge in [0.05, 0.1) is 26.9 Å². The second-order valence-corrected chi connectivity index (χ2v) is 12.2. The molecule has 2 saturated heterocycles. The lowest BCUT2D eigenvalue weighted by molar-refractivity contribution is -0.450. The van der Waals surface area contributed by atoms with E-state index in [0.717, 1.165) is 21.3 Å². The normalized spacial score (nSPS) is 33.6. The number of hydrogen-bond donors (Lipinski definition) is 3. The van der Waals surface area contributed by atoms with Gasteiger partial charge in [-0.1, -0.05) is 12.0 Å². The molecule has 0 aromatic heterocycles. The smallest absolute Gasteiger partial charge is 0.397 e. The first kappa shape index (κ1) is 39.2. The quantitative estimate of drug-likeness (QED) is 0.0362. The molecule has 2 heterocycles. The van der Waals surface area contributed by atoms with E-state index in [1.807, 2.05) is 0 Å². The molecule has 260 valence electrons. The average molecular weight is 731 g/mol. The van der Waals surface area contributed by atoms with Gasteiger partial charge in [0, 0.05) is 20.1 Å². The lowest BCUT2D eigenvalue weighted by atomic mass is 9.91. The highest BCUT2D eigenvalue weighted by atomic mass is 32.3. The fourth-order valence-corrected chi connectivity index (χ4v) is 5.85. The van der Waals surface area contributed by atoms with Crippen molar-refractivity contribution >= 4 is 49.5 Å². The molecule has 2 aliphatic rings. The Bertz CT molecular complexity index is 1240. The van der Waals surface area contributed by atoms with Crippen LogP contribution in [0.3, 0.4) is 0 Å². The Kier molecular flexibility index (Phi) is 15.0. The van der Waals surface area contributed by atoms with E-state index in [2.05, 4.69) is 26.8 Å². The molecule has 27 heteroatoms. The zero-order chi connectivity index (χ0) is 33.5. The van der Waals surface area contributed by atoms with Gasteiger partial charge in [0.15, 0.2) is 37.1 Å². The average Bonchev–Trinajstić information content (AvgIpc) is 2.91. The van der Waals surface area contributed by atoms with E-state index in [1.54, 1.807) is 0 Å². The molecular weight excluding hydrogens is 700 g/mol. The second kappa shape index (κ2) is 16.8. The number of carbonyl (C=O) groups excluding carboxylic acids is 1. The number of rotatable bonds is 17. The summed E-state index contributed by atoms with van der Waals surface area (Å²) in [5.74, 6) is -2.08. The van der Waals surface area contributed by atoms with Crippen molar-refractivity contribution in [1.82, 2.24) is 0 Å². The highest BCUT2D eigenvalue weighted by Crippen LogP contribution is 2.37. The minimum absolute atomic E-state index is 0.200. The molecule has 0 spiro atoms. The van der Waals surface area contributed by atoms with Crippen molar-refractivity contribution < 1.29 is 103 Å². The molecule has 0 aromatic rings. The molecule has 44 heavy (non-hydrogen) atoms. The SMILES string of the molecule is COOOSO[C@@H]1C(C(=O)OC)O[C@@H](O[C@H]2C(OS(=O)(=O)O)C(OS(=O)(=O)O)[C@@H](OC)O[C@H]2COS(=O)(=O)O)C(C)[C@H]1OC. The van der Waals surface area contributed by atoms with Gasteiger partial charge >= 0.3 is 37.2 Å². The van der Waals surface area contributed by atoms with E-state index in [9.17, 15) is 39.2 Å². The predicted octanol–water partition coefficient (Wildman–Crippen LogP) is -2.05. The molecule has 2 aliphatic heterocycles. The summed E-state index contributed by atoms with van der Waals surface area (Å²) in [6, 6.07) is 0. The topological polar surface area (TPSA) is 300 Å². The molecule has 0 saturated carbocycles. The molecule has 0 aliphatic carbocycles. The molecule has 0 amide bonds. The first-order chi connectivity index (χ1) is 20.4. The second-order valence-electron chi connectivity index (χ2n) is 8.51. The van der Waals surface area contributed by atoms with Crippen LogP contribution in [0.15, 0.2) is 0 Å². The van der Waals surface area contributed by atoms with Crippen LogP contribution in [0.25, 0.3) is 0 Å². The van der Waals surface area contributed by atoms with Crippen LogP contribution in [0.1, 0.15) is 6.92 Å². The molecule has 0 aromatic carbocycles. The minimum Gasteiger partial charge on any atom is -0.467 e. The first-order valence-corrected chi connectivity index (χ1v) is 16.3. The zero-order valence-electron chi connectivity index (χ0n) is 23.1. The number of methoxy groups -OCH3 is 3. The third-order valence-corrected chi connectivity index (χ3v) is 7.57. The fraction of sp³-hybridized carbons (Fsp3) is 0.941. The number of carbonyl (C=O) groups is 1. The third kappa shape index (κ3) is 11.7. The van der Waals surface area contributed by atoms with Crippen LogP contribution in [0, 0.1) is 5.92 Å². The lowest BCUT2D eigenvalue weighted by Gasteiger charge is -2.47. The summed E-state index contributed by atoms with van der Waals surface area (Å²) in [7, 11) is -11.9. The van der Waals surface area contributed by atoms with Crippen LogP contribution < -0.4 is 0 Å². The summed E-state index contributed by atoms with van der Waals surface area (Å²) >= 11 is 0.200. The highest BCUT2D eigenvalue weighted by molar-refractivity contribution is 7.89. The Morgan fingerprint density at radius 3 is 1.89 bits per heavy atom. The van der Waals surface area contributed by atoms with Gasteiger partial charge < -0.3 is 28.4 Å². The van der Waals surface area contributed by atoms with E-state index in [-0.39, 0.29) is 12.3 Å². The lowest BCUT2D eigenvalue weighted by Crippen LogP contribution is -2.65. The molecular formula is C17H30O23S4. The van der Waals surface area contributed by atoms with E-state index in [0.29, 0.717) is 0 Å². The van der Waals surface area contributed by atoms with Crippen LogP contribution in [0.5, 0.6) is 0 Å². The summed E-state index contributed by atoms with van der Waals surface area (Å²) in [5.41, 5.74) is 0. The Morgan fingerprint density at radius 2 is 1.39 bits per heavy atom. The van der Waals surface area contributed by atoms with Gasteiger partial charge in [-0.25, -0.2) is 22.2 Å². The maximum absolute atomic E-state index is 12.6. The van der Waals surface area contributed by atoms with Crippen LogP contribution in [0.2, 0.25) is 0 Å². The molecule has 0 bridgehead atoms. The summed E-state index contributed by atoms with van der Waals surface area (Å²) in [6.07, 6.45) is -16.5. The molecule has 23 nitrogen and oxygen atoms in total. The van der Waals surface area contributed by atoms with E-state index in [4.69, 9.17) is 37.2 Å². The maximum Gasteiger partial charge on any atom is 0.397 e. The summed E-state index contributed by atoms with van der Waals surface area (Å²) < 4.78 is 153. The van der Waals surface area contributed by atoms with Crippen LogP contribution in [-0.2, 0) is 95.4 Å². The van der Waals surface area contributed by atoms with Gasteiger partial charge in [0.2, 0.25) is 0 Å². The summed E-state index contributed by atoms with van der Waals surface area (Å²) in [4.78, 5) is 16.9. The van der Waals surface area contributed by atoms with Crippen molar-refractivity contribution in [2.45, 2.75) is 62.2 Å². The summed E-state index contributed by atoms with van der Waals surface area (Å²) in [6.45, 7) is 0.234. The Morgan fingerprint density at radius 1 is 0.773 bits per heavy atom. The van der Waals surface area contributed by atoms with Crippen LogP contribution in [0.4, 0.5) is 0 Å². The predicted molar refractivity (Wildman–Crippen MR) is 133 cm³/mol. The van der Waals surface area contributed by atoms with Crippen molar-refractivity contribution in [2.24, 2.45) is 5.92 Å². The van der Waals surface area contributed by atoms with E-state index < -0.39 is 105 Å². The largest absolute Gasteiger partial charge is 0.467 e. The van der Waals surface area contributed by atoms with Gasteiger partial charge in [-0.05, 0) is 0 Å². The number of ether oxygens (including phenoxy) is 6. The molecule has 3 N–H and O–H groups in total. The number of hydrogen-bond acceptors (Lipinski definition) is 21.